The van der Waals surface area contributed by atoms with Gasteiger partial charge in [0.1, 0.15) is 23.7 Å². The Balaban J connectivity index is 0.000000171. The lowest BCUT2D eigenvalue weighted by Crippen LogP contribution is -2.12. The van der Waals surface area contributed by atoms with Gasteiger partial charge in [-0.15, -0.1) is 0 Å². The number of primary amides is 1. The Bertz CT molecular complexity index is 470. The van der Waals surface area contributed by atoms with Crippen molar-refractivity contribution in [3.8, 4) is 0 Å². The summed E-state index contributed by atoms with van der Waals surface area (Å²) in [5.41, 5.74) is 15.5. The number of carbonyl (C=O) groups excluding carboxylic acids is 1. The Kier molecular flexibility index (Phi) is 4.31. The fourth-order valence-corrected chi connectivity index (χ4v) is 0.815. The van der Waals surface area contributed by atoms with E-state index in [1.807, 2.05) is 0 Å². The fourth-order valence-electron chi connectivity index (χ4n) is 0.815. The largest absolute Gasteiger partial charge is 0.384 e. The zero-order valence-corrected chi connectivity index (χ0v) is 8.82. The summed E-state index contributed by atoms with van der Waals surface area (Å²) in [4.78, 5) is 24.9. The molecule has 0 spiro atoms. The summed E-state index contributed by atoms with van der Waals surface area (Å²) < 4.78 is 0. The van der Waals surface area contributed by atoms with E-state index in [4.69, 9.17) is 17.2 Å². The minimum absolute atomic E-state index is 0.192. The average molecular weight is 233 g/mol. The molecule has 2 heterocycles. The maximum absolute atomic E-state index is 10.3. The highest BCUT2D eigenvalue weighted by molar-refractivity contribution is 5.90. The summed E-state index contributed by atoms with van der Waals surface area (Å²) in [6.45, 7) is 0. The molecule has 2 aromatic heterocycles. The Morgan fingerprint density at radius 3 is 2.00 bits per heavy atom. The second-order valence-electron chi connectivity index (χ2n) is 2.82. The van der Waals surface area contributed by atoms with E-state index in [1.54, 1.807) is 0 Å². The lowest BCUT2D eigenvalue weighted by molar-refractivity contribution is 0.0995. The highest BCUT2D eigenvalue weighted by atomic mass is 16.1. The van der Waals surface area contributed by atoms with E-state index in [1.165, 1.54) is 31.0 Å². The lowest BCUT2D eigenvalue weighted by atomic mass is 10.4. The second kappa shape index (κ2) is 5.95. The van der Waals surface area contributed by atoms with Crippen molar-refractivity contribution in [3.63, 3.8) is 0 Å². The average Bonchev–Trinajstić information content (AvgIpc) is 2.30. The van der Waals surface area contributed by atoms with Gasteiger partial charge in [0.2, 0.25) is 0 Å². The van der Waals surface area contributed by atoms with Crippen LogP contribution in [0.2, 0.25) is 0 Å². The molecule has 2 aromatic rings. The van der Waals surface area contributed by atoms with Crippen LogP contribution >= 0.6 is 0 Å². The minimum atomic E-state index is -0.553. The molecular weight excluding hydrogens is 222 g/mol. The summed E-state index contributed by atoms with van der Waals surface area (Å²) in [6, 6.07) is 1.50. The van der Waals surface area contributed by atoms with Crippen LogP contribution in [0.15, 0.2) is 31.0 Å². The first kappa shape index (κ1) is 12.3. The third-order valence-corrected chi connectivity index (χ3v) is 1.53. The number of hydrogen-bond donors (Lipinski definition) is 3. The Labute approximate surface area is 96.9 Å². The normalized spacial score (nSPS) is 8.94. The molecule has 0 fully saturated rings. The molecule has 0 saturated carbocycles. The Morgan fingerprint density at radius 1 is 1.06 bits per heavy atom. The van der Waals surface area contributed by atoms with Gasteiger partial charge in [0.15, 0.2) is 0 Å². The number of nitrogens with zero attached hydrogens (tertiary/aromatic N) is 4. The molecule has 2 rings (SSSR count). The maximum atomic E-state index is 10.3. The third kappa shape index (κ3) is 4.51. The number of hydrogen-bond acceptors (Lipinski definition) is 7. The van der Waals surface area contributed by atoms with Gasteiger partial charge >= 0.3 is 0 Å². The van der Waals surface area contributed by atoms with Crippen LogP contribution < -0.4 is 17.2 Å². The predicted octanol–water partition coefficient (Wildman–Crippen LogP) is -0.783. The van der Waals surface area contributed by atoms with E-state index in [9.17, 15) is 4.79 Å². The summed E-state index contributed by atoms with van der Waals surface area (Å²) in [5, 5.41) is 0. The van der Waals surface area contributed by atoms with Crippen molar-refractivity contribution in [1.29, 1.82) is 0 Å². The minimum Gasteiger partial charge on any atom is -0.384 e. The smallest absolute Gasteiger partial charge is 0.268 e. The van der Waals surface area contributed by atoms with Crippen LogP contribution in [0, 0.1) is 0 Å². The SMILES string of the molecule is NC(=O)c1cnccn1.Nc1cc(N)ncn1. The number of aromatic nitrogens is 4. The van der Waals surface area contributed by atoms with Crippen molar-refractivity contribution in [1.82, 2.24) is 19.9 Å². The summed E-state index contributed by atoms with van der Waals surface area (Å²) >= 11 is 0. The molecule has 8 heteroatoms. The van der Waals surface area contributed by atoms with Gasteiger partial charge in [-0.3, -0.25) is 9.78 Å². The van der Waals surface area contributed by atoms with E-state index >= 15 is 0 Å². The van der Waals surface area contributed by atoms with Gasteiger partial charge in [0.25, 0.3) is 5.91 Å². The summed E-state index contributed by atoms with van der Waals surface area (Å²) in [7, 11) is 0. The summed E-state index contributed by atoms with van der Waals surface area (Å²) in [6.07, 6.45) is 5.54. The number of carbonyl (C=O) groups is 1. The van der Waals surface area contributed by atoms with Crippen LogP contribution in [0.3, 0.4) is 0 Å². The van der Waals surface area contributed by atoms with Crippen molar-refractivity contribution in [2.45, 2.75) is 0 Å². The molecule has 0 atom stereocenters. The molecule has 17 heavy (non-hydrogen) atoms. The number of rotatable bonds is 1. The van der Waals surface area contributed by atoms with E-state index in [-0.39, 0.29) is 5.69 Å². The Morgan fingerprint density at radius 2 is 1.71 bits per heavy atom. The first-order valence-corrected chi connectivity index (χ1v) is 4.48. The van der Waals surface area contributed by atoms with Gasteiger partial charge in [-0.1, -0.05) is 0 Å². The van der Waals surface area contributed by atoms with Crippen molar-refractivity contribution < 1.29 is 4.79 Å². The molecule has 8 nitrogen and oxygen atoms in total. The number of amides is 1. The van der Waals surface area contributed by atoms with E-state index in [0.717, 1.165) is 0 Å². The predicted molar refractivity (Wildman–Crippen MR) is 61.4 cm³/mol. The van der Waals surface area contributed by atoms with E-state index in [2.05, 4.69) is 19.9 Å². The third-order valence-electron chi connectivity index (χ3n) is 1.53. The number of nitrogens with two attached hydrogens (primary N) is 3. The first-order valence-electron chi connectivity index (χ1n) is 4.48. The second-order valence-corrected chi connectivity index (χ2v) is 2.82. The molecule has 0 aliphatic carbocycles. The van der Waals surface area contributed by atoms with Crippen LogP contribution in [0.4, 0.5) is 11.6 Å². The molecular formula is C9H11N7O. The number of anilines is 2. The van der Waals surface area contributed by atoms with Crippen LogP contribution in [-0.2, 0) is 0 Å². The lowest BCUT2D eigenvalue weighted by Gasteiger charge is -1.89. The van der Waals surface area contributed by atoms with Crippen LogP contribution in [-0.4, -0.2) is 25.8 Å². The molecule has 6 N–H and O–H groups in total. The molecule has 88 valence electrons. The van der Waals surface area contributed by atoms with Crippen LogP contribution in [0.1, 0.15) is 10.5 Å². The highest BCUT2D eigenvalue weighted by Crippen LogP contribution is 1.97. The van der Waals surface area contributed by atoms with Crippen LogP contribution in [0.25, 0.3) is 0 Å². The zero-order chi connectivity index (χ0) is 12.7. The molecule has 0 aromatic carbocycles. The van der Waals surface area contributed by atoms with E-state index in [0.29, 0.717) is 11.6 Å². The van der Waals surface area contributed by atoms with E-state index < -0.39 is 5.91 Å². The van der Waals surface area contributed by atoms with Gasteiger partial charge in [-0.2, -0.15) is 0 Å². The molecule has 0 aliphatic rings. The van der Waals surface area contributed by atoms with Gasteiger partial charge in [-0.05, 0) is 0 Å². The molecule has 0 bridgehead atoms. The molecule has 0 aliphatic heterocycles. The van der Waals surface area contributed by atoms with Crippen LogP contribution in [0.5, 0.6) is 0 Å². The fraction of sp³-hybridized carbons (Fsp3) is 0. The van der Waals surface area contributed by atoms with Crippen molar-refractivity contribution in [2.24, 2.45) is 5.73 Å². The first-order chi connectivity index (χ1) is 8.09. The number of nitrogen functional groups attached to an aromatic ring is 2. The van der Waals surface area contributed by atoms with Crippen molar-refractivity contribution in [2.75, 3.05) is 11.5 Å². The van der Waals surface area contributed by atoms with Gasteiger partial charge < -0.3 is 17.2 Å². The standard InChI is InChI=1S/C5H5N3O.C4H6N4/c6-5(9)4-3-7-1-2-8-4;5-3-1-4(6)8-2-7-3/h1-3H,(H2,6,9);1-2H,(H4,5,6,7,8). The van der Waals surface area contributed by atoms with Gasteiger partial charge in [0, 0.05) is 18.5 Å². The monoisotopic (exact) mass is 233 g/mol. The Hall–Kier alpha value is -2.77. The molecule has 0 unspecified atom stereocenters. The van der Waals surface area contributed by atoms with Gasteiger partial charge in [-0.25, -0.2) is 15.0 Å². The topological polar surface area (TPSA) is 147 Å². The van der Waals surface area contributed by atoms with Crippen molar-refractivity contribution >= 4 is 17.5 Å². The zero-order valence-electron chi connectivity index (χ0n) is 8.82. The molecule has 0 radical (unpaired) electrons. The maximum Gasteiger partial charge on any atom is 0.268 e. The summed E-state index contributed by atoms with van der Waals surface area (Å²) in [5.74, 6) is 0.248. The molecule has 0 saturated heterocycles. The van der Waals surface area contributed by atoms with Gasteiger partial charge in [0.05, 0.1) is 6.20 Å². The quantitative estimate of drug-likeness (QED) is 0.585. The van der Waals surface area contributed by atoms with Crippen molar-refractivity contribution in [3.05, 3.63) is 36.7 Å². The molecule has 1 amide bonds. The highest BCUT2D eigenvalue weighted by Gasteiger charge is 1.97.